The highest BCUT2D eigenvalue weighted by Gasteiger charge is 2.51. The maximum absolute atomic E-state index is 12.5. The first-order valence-corrected chi connectivity index (χ1v) is 7.23. The molecule has 0 aromatic carbocycles. The van der Waals surface area contributed by atoms with Gasteiger partial charge in [-0.05, 0) is 37.5 Å². The molecule has 1 aliphatic heterocycles. The number of carbonyl (C=O) groups excluding carboxylic acids is 1. The van der Waals surface area contributed by atoms with Gasteiger partial charge in [-0.1, -0.05) is 12.8 Å². The van der Waals surface area contributed by atoms with Gasteiger partial charge in [-0.2, -0.15) is 0 Å². The molecule has 102 valence electrons. The monoisotopic (exact) mass is 252 g/mol. The van der Waals surface area contributed by atoms with Crippen LogP contribution in [0.4, 0.5) is 0 Å². The molecule has 1 heterocycles. The lowest BCUT2D eigenvalue weighted by Gasteiger charge is -2.25. The van der Waals surface area contributed by atoms with E-state index in [9.17, 15) is 4.79 Å². The van der Waals surface area contributed by atoms with Gasteiger partial charge in [0.2, 0.25) is 5.91 Å². The highest BCUT2D eigenvalue weighted by atomic mass is 16.5. The van der Waals surface area contributed by atoms with E-state index in [1.54, 1.807) is 7.11 Å². The molecule has 0 aromatic rings. The molecule has 0 aromatic heterocycles. The Hall–Kier alpha value is -0.610. The van der Waals surface area contributed by atoms with Gasteiger partial charge in [0.1, 0.15) is 0 Å². The Bertz CT molecular complexity index is 333. The third-order valence-corrected chi connectivity index (χ3v) is 5.08. The molecule has 2 saturated carbocycles. The fraction of sp³-hybridized carbons (Fsp3) is 0.929. The molecular formula is C14H24N2O2. The van der Waals surface area contributed by atoms with Crippen LogP contribution in [0, 0.1) is 5.41 Å². The van der Waals surface area contributed by atoms with Crippen LogP contribution in [0.3, 0.4) is 0 Å². The van der Waals surface area contributed by atoms with Gasteiger partial charge in [0.05, 0.1) is 12.2 Å². The summed E-state index contributed by atoms with van der Waals surface area (Å²) in [6, 6.07) is 0. The van der Waals surface area contributed by atoms with E-state index in [2.05, 4.69) is 10.2 Å². The SMILES string of the molecule is COCCC1(CN2CNC3(CCCC3)C2=O)CC1. The quantitative estimate of drug-likeness (QED) is 0.806. The van der Waals surface area contributed by atoms with Crippen LogP contribution in [0.5, 0.6) is 0 Å². The zero-order valence-corrected chi connectivity index (χ0v) is 11.3. The predicted molar refractivity (Wildman–Crippen MR) is 69.1 cm³/mol. The number of nitrogens with one attached hydrogen (secondary N) is 1. The van der Waals surface area contributed by atoms with E-state index in [1.807, 2.05) is 0 Å². The molecule has 1 spiro atoms. The molecule has 3 rings (SSSR count). The van der Waals surface area contributed by atoms with Crippen molar-refractivity contribution in [3.05, 3.63) is 0 Å². The van der Waals surface area contributed by atoms with Crippen LogP contribution in [-0.4, -0.2) is 43.3 Å². The maximum Gasteiger partial charge on any atom is 0.243 e. The second-order valence-electron chi connectivity index (χ2n) is 6.37. The number of nitrogens with zero attached hydrogens (tertiary/aromatic N) is 1. The molecule has 3 fully saturated rings. The molecule has 4 nitrogen and oxygen atoms in total. The van der Waals surface area contributed by atoms with E-state index in [4.69, 9.17) is 4.74 Å². The number of rotatable bonds is 5. The molecule has 0 atom stereocenters. The number of amides is 1. The Kier molecular flexibility index (Phi) is 3.10. The van der Waals surface area contributed by atoms with Crippen molar-refractivity contribution in [3.8, 4) is 0 Å². The second-order valence-corrected chi connectivity index (χ2v) is 6.37. The molecule has 1 saturated heterocycles. The van der Waals surface area contributed by atoms with Crippen molar-refractivity contribution in [2.75, 3.05) is 26.9 Å². The Balaban J connectivity index is 1.60. The average molecular weight is 252 g/mol. The van der Waals surface area contributed by atoms with Gasteiger partial charge in [-0.15, -0.1) is 0 Å². The van der Waals surface area contributed by atoms with Crippen LogP contribution >= 0.6 is 0 Å². The van der Waals surface area contributed by atoms with Gasteiger partial charge in [-0.25, -0.2) is 0 Å². The minimum absolute atomic E-state index is 0.183. The van der Waals surface area contributed by atoms with Gasteiger partial charge < -0.3 is 9.64 Å². The standard InChI is InChI=1S/C14H24N2O2/c1-18-9-8-13(6-7-13)10-16-11-15-14(12(16)17)4-2-3-5-14/h15H,2-11H2,1H3. The van der Waals surface area contributed by atoms with Crippen molar-refractivity contribution >= 4 is 5.91 Å². The molecule has 1 N–H and O–H groups in total. The van der Waals surface area contributed by atoms with Crippen LogP contribution in [0.25, 0.3) is 0 Å². The summed E-state index contributed by atoms with van der Waals surface area (Å²) in [5.41, 5.74) is 0.189. The number of hydrogen-bond donors (Lipinski definition) is 1. The predicted octanol–water partition coefficient (Wildman–Crippen LogP) is 1.51. The summed E-state index contributed by atoms with van der Waals surface area (Å²) in [5, 5.41) is 3.48. The molecular weight excluding hydrogens is 228 g/mol. The lowest BCUT2D eigenvalue weighted by atomic mass is 9.97. The molecule has 2 aliphatic carbocycles. The zero-order chi connectivity index (χ0) is 12.6. The second kappa shape index (κ2) is 4.49. The summed E-state index contributed by atoms with van der Waals surface area (Å²) in [6.45, 7) is 2.51. The van der Waals surface area contributed by atoms with Crippen LogP contribution in [-0.2, 0) is 9.53 Å². The Morgan fingerprint density at radius 3 is 2.61 bits per heavy atom. The first kappa shape index (κ1) is 12.4. The van der Waals surface area contributed by atoms with Crippen LogP contribution in [0.1, 0.15) is 44.9 Å². The van der Waals surface area contributed by atoms with E-state index in [1.165, 1.54) is 25.7 Å². The van der Waals surface area contributed by atoms with Crippen molar-refractivity contribution in [2.24, 2.45) is 5.41 Å². The summed E-state index contributed by atoms with van der Waals surface area (Å²) in [6.07, 6.45) is 8.07. The summed E-state index contributed by atoms with van der Waals surface area (Å²) >= 11 is 0. The van der Waals surface area contributed by atoms with Gasteiger partial charge in [-0.3, -0.25) is 10.1 Å². The fourth-order valence-corrected chi connectivity index (χ4v) is 3.58. The fourth-order valence-electron chi connectivity index (χ4n) is 3.58. The minimum Gasteiger partial charge on any atom is -0.385 e. The van der Waals surface area contributed by atoms with Gasteiger partial charge >= 0.3 is 0 Å². The van der Waals surface area contributed by atoms with Gasteiger partial charge in [0.15, 0.2) is 0 Å². The van der Waals surface area contributed by atoms with Crippen LogP contribution in [0.15, 0.2) is 0 Å². The van der Waals surface area contributed by atoms with Crippen molar-refractivity contribution in [2.45, 2.75) is 50.5 Å². The van der Waals surface area contributed by atoms with Gasteiger partial charge in [0, 0.05) is 20.3 Å². The van der Waals surface area contributed by atoms with E-state index < -0.39 is 0 Å². The van der Waals surface area contributed by atoms with E-state index in [0.717, 1.165) is 39.1 Å². The number of methoxy groups -OCH3 is 1. The van der Waals surface area contributed by atoms with Crippen LogP contribution < -0.4 is 5.32 Å². The normalized spacial score (nSPS) is 28.3. The lowest BCUT2D eigenvalue weighted by molar-refractivity contribution is -0.133. The largest absolute Gasteiger partial charge is 0.385 e. The molecule has 1 amide bonds. The highest BCUT2D eigenvalue weighted by Crippen LogP contribution is 2.50. The highest BCUT2D eigenvalue weighted by molar-refractivity contribution is 5.88. The third kappa shape index (κ3) is 2.05. The number of carbonyl (C=O) groups is 1. The van der Waals surface area contributed by atoms with Crippen molar-refractivity contribution in [1.29, 1.82) is 0 Å². The Morgan fingerprint density at radius 1 is 1.28 bits per heavy atom. The van der Waals surface area contributed by atoms with Crippen molar-refractivity contribution < 1.29 is 9.53 Å². The van der Waals surface area contributed by atoms with E-state index >= 15 is 0 Å². The van der Waals surface area contributed by atoms with Crippen LogP contribution in [0.2, 0.25) is 0 Å². The number of ether oxygens (including phenoxy) is 1. The molecule has 0 bridgehead atoms. The lowest BCUT2D eigenvalue weighted by Crippen LogP contribution is -2.44. The van der Waals surface area contributed by atoms with E-state index in [0.29, 0.717) is 11.3 Å². The number of hydrogen-bond acceptors (Lipinski definition) is 3. The summed E-state index contributed by atoms with van der Waals surface area (Å²) in [5.74, 6) is 0.365. The smallest absolute Gasteiger partial charge is 0.243 e. The Labute approximate surface area is 109 Å². The average Bonchev–Trinajstić information content (AvgIpc) is 2.86. The van der Waals surface area contributed by atoms with Crippen molar-refractivity contribution in [1.82, 2.24) is 10.2 Å². The van der Waals surface area contributed by atoms with Crippen molar-refractivity contribution in [3.63, 3.8) is 0 Å². The topological polar surface area (TPSA) is 41.6 Å². The molecule has 4 heteroatoms. The zero-order valence-electron chi connectivity index (χ0n) is 11.3. The maximum atomic E-state index is 12.5. The summed E-state index contributed by atoms with van der Waals surface area (Å²) < 4.78 is 5.18. The minimum atomic E-state index is -0.183. The molecule has 0 unspecified atom stereocenters. The Morgan fingerprint density at radius 2 is 2.00 bits per heavy atom. The molecule has 0 radical (unpaired) electrons. The summed E-state index contributed by atoms with van der Waals surface area (Å²) in [7, 11) is 1.76. The van der Waals surface area contributed by atoms with E-state index in [-0.39, 0.29) is 5.54 Å². The summed E-state index contributed by atoms with van der Waals surface area (Å²) in [4.78, 5) is 14.6. The first-order valence-electron chi connectivity index (χ1n) is 7.23. The molecule has 18 heavy (non-hydrogen) atoms. The molecule has 3 aliphatic rings. The van der Waals surface area contributed by atoms with Gasteiger partial charge in [0.25, 0.3) is 0 Å². The third-order valence-electron chi connectivity index (χ3n) is 5.08. The first-order chi connectivity index (χ1) is 8.70.